The Morgan fingerprint density at radius 1 is 0.854 bits per heavy atom. The van der Waals surface area contributed by atoms with Crippen LogP contribution in [0.25, 0.3) is 21.1 Å². The molecule has 208 valence electrons. The van der Waals surface area contributed by atoms with Crippen molar-refractivity contribution in [3.63, 3.8) is 0 Å². The van der Waals surface area contributed by atoms with Crippen molar-refractivity contribution in [2.45, 2.75) is 33.0 Å². The number of carbonyl (C=O) groups excluding carboxylic acids is 1. The number of carbonyl (C=O) groups is 1. The van der Waals surface area contributed by atoms with Gasteiger partial charge in [0.25, 0.3) is 0 Å². The number of nitrogens with zero attached hydrogens (tertiary/aromatic N) is 7. The lowest BCUT2D eigenvalue weighted by molar-refractivity contribution is -0.142. The van der Waals surface area contributed by atoms with Gasteiger partial charge in [-0.15, -0.1) is 11.3 Å². The summed E-state index contributed by atoms with van der Waals surface area (Å²) in [7, 11) is 0. The molecule has 0 unspecified atom stereocenters. The van der Waals surface area contributed by atoms with E-state index < -0.39 is 0 Å². The van der Waals surface area contributed by atoms with Gasteiger partial charge in [-0.3, -0.25) is 9.69 Å². The standard InChI is InChI=1S/C30H30N8O2S/c1-2-40-29(39)12-17-31-23-10-8-22(9-11-23)26-18-36-30(41-26)25-7-3-6-24(37-25)19-38(20-27-32-13-4-14-33-27)21-28-34-15-5-16-35-28/h3-11,13-16,18,31H,2,12,17,19-21H2,1H3. The molecular formula is C30H30N8O2S. The summed E-state index contributed by atoms with van der Waals surface area (Å²) in [6, 6.07) is 17.7. The van der Waals surface area contributed by atoms with Crippen molar-refractivity contribution in [1.82, 2.24) is 34.8 Å². The highest BCUT2D eigenvalue weighted by molar-refractivity contribution is 7.18. The fraction of sp³-hybridized carbons (Fsp3) is 0.233. The molecule has 41 heavy (non-hydrogen) atoms. The number of esters is 1. The van der Waals surface area contributed by atoms with Gasteiger partial charge in [0, 0.05) is 49.8 Å². The summed E-state index contributed by atoms with van der Waals surface area (Å²) >= 11 is 1.60. The van der Waals surface area contributed by atoms with Crippen LogP contribution in [0.5, 0.6) is 0 Å². The van der Waals surface area contributed by atoms with Crippen LogP contribution in [0, 0.1) is 0 Å². The van der Waals surface area contributed by atoms with Gasteiger partial charge in [0.2, 0.25) is 0 Å². The lowest BCUT2D eigenvalue weighted by atomic mass is 10.2. The van der Waals surface area contributed by atoms with Crippen molar-refractivity contribution in [3.05, 3.63) is 103 Å². The fourth-order valence-corrected chi connectivity index (χ4v) is 5.02. The minimum absolute atomic E-state index is 0.199. The van der Waals surface area contributed by atoms with E-state index in [1.807, 2.05) is 48.7 Å². The molecule has 1 N–H and O–H groups in total. The summed E-state index contributed by atoms with van der Waals surface area (Å²) in [4.78, 5) is 41.9. The molecule has 0 aliphatic carbocycles. The molecule has 5 rings (SSSR count). The minimum atomic E-state index is -0.199. The largest absolute Gasteiger partial charge is 0.466 e. The Hall–Kier alpha value is -4.61. The van der Waals surface area contributed by atoms with E-state index in [9.17, 15) is 4.79 Å². The number of aromatic nitrogens is 6. The smallest absolute Gasteiger partial charge is 0.307 e. The molecule has 0 aliphatic rings. The Bertz CT molecular complexity index is 1490. The third-order valence-electron chi connectivity index (χ3n) is 6.02. The third kappa shape index (κ3) is 8.19. The van der Waals surface area contributed by atoms with Gasteiger partial charge in [0.05, 0.1) is 42.4 Å². The van der Waals surface area contributed by atoms with E-state index in [-0.39, 0.29) is 5.97 Å². The van der Waals surface area contributed by atoms with Gasteiger partial charge in [0.1, 0.15) is 16.7 Å². The molecule has 0 aliphatic heterocycles. The minimum Gasteiger partial charge on any atom is -0.466 e. The lowest BCUT2D eigenvalue weighted by Gasteiger charge is -2.20. The van der Waals surface area contributed by atoms with Crippen molar-refractivity contribution in [2.24, 2.45) is 0 Å². The lowest BCUT2D eigenvalue weighted by Crippen LogP contribution is -2.25. The van der Waals surface area contributed by atoms with Gasteiger partial charge >= 0.3 is 5.97 Å². The number of anilines is 1. The van der Waals surface area contributed by atoms with Gasteiger partial charge in [0.15, 0.2) is 0 Å². The maximum atomic E-state index is 11.5. The van der Waals surface area contributed by atoms with Crippen molar-refractivity contribution < 1.29 is 9.53 Å². The monoisotopic (exact) mass is 566 g/mol. The van der Waals surface area contributed by atoms with Gasteiger partial charge in [-0.2, -0.15) is 0 Å². The zero-order valence-electron chi connectivity index (χ0n) is 22.7. The Balaban J connectivity index is 1.25. The van der Waals surface area contributed by atoms with Crippen LogP contribution < -0.4 is 5.32 Å². The predicted molar refractivity (Wildman–Crippen MR) is 158 cm³/mol. The van der Waals surface area contributed by atoms with E-state index in [1.54, 1.807) is 55.2 Å². The van der Waals surface area contributed by atoms with Crippen LogP contribution in [0.2, 0.25) is 0 Å². The molecule has 0 saturated heterocycles. The molecule has 0 amide bonds. The highest BCUT2D eigenvalue weighted by Gasteiger charge is 2.14. The molecule has 5 aromatic rings. The van der Waals surface area contributed by atoms with Crippen molar-refractivity contribution in [3.8, 4) is 21.1 Å². The first-order valence-electron chi connectivity index (χ1n) is 13.3. The SMILES string of the molecule is CCOC(=O)CCNc1ccc(-c2cnc(-c3cccc(CN(Cc4ncccn4)Cc4ncccn4)n3)s2)cc1. The highest BCUT2D eigenvalue weighted by Crippen LogP contribution is 2.32. The number of hydrogen-bond donors (Lipinski definition) is 1. The zero-order chi connectivity index (χ0) is 28.3. The maximum absolute atomic E-state index is 11.5. The molecule has 4 aromatic heterocycles. The number of nitrogens with one attached hydrogen (secondary N) is 1. The van der Waals surface area contributed by atoms with E-state index in [0.29, 0.717) is 39.2 Å². The zero-order valence-corrected chi connectivity index (χ0v) is 23.5. The third-order valence-corrected chi connectivity index (χ3v) is 7.09. The Kier molecular flexibility index (Phi) is 9.64. The van der Waals surface area contributed by atoms with E-state index in [4.69, 9.17) is 9.72 Å². The maximum Gasteiger partial charge on any atom is 0.307 e. The van der Waals surface area contributed by atoms with Gasteiger partial charge < -0.3 is 10.1 Å². The second kappa shape index (κ2) is 14.1. The molecular weight excluding hydrogens is 536 g/mol. The number of pyridine rings is 1. The van der Waals surface area contributed by atoms with E-state index in [1.165, 1.54) is 0 Å². The summed E-state index contributed by atoms with van der Waals surface area (Å²) in [5, 5.41) is 4.10. The van der Waals surface area contributed by atoms with Gasteiger partial charge in [-0.05, 0) is 48.9 Å². The van der Waals surface area contributed by atoms with E-state index in [0.717, 1.165) is 44.2 Å². The Morgan fingerprint density at radius 3 is 2.20 bits per heavy atom. The normalized spacial score (nSPS) is 11.0. The van der Waals surface area contributed by atoms with Crippen molar-refractivity contribution in [2.75, 3.05) is 18.5 Å². The topological polar surface area (TPSA) is 119 Å². The summed E-state index contributed by atoms with van der Waals surface area (Å²) in [5.74, 6) is 1.25. The van der Waals surface area contributed by atoms with E-state index >= 15 is 0 Å². The van der Waals surface area contributed by atoms with Crippen LogP contribution >= 0.6 is 11.3 Å². The molecule has 0 saturated carbocycles. The fourth-order valence-electron chi connectivity index (χ4n) is 4.13. The molecule has 0 spiro atoms. The van der Waals surface area contributed by atoms with Crippen LogP contribution in [0.4, 0.5) is 5.69 Å². The molecule has 10 nitrogen and oxygen atoms in total. The van der Waals surface area contributed by atoms with Gasteiger partial charge in [-0.1, -0.05) is 18.2 Å². The number of rotatable bonds is 13. The number of thiazole rings is 1. The van der Waals surface area contributed by atoms with E-state index in [2.05, 4.69) is 35.1 Å². The molecule has 11 heteroatoms. The van der Waals surface area contributed by atoms with Crippen LogP contribution in [0.3, 0.4) is 0 Å². The summed E-state index contributed by atoms with van der Waals surface area (Å²) in [6.07, 6.45) is 9.19. The Labute approximate surface area is 242 Å². The summed E-state index contributed by atoms with van der Waals surface area (Å²) in [6.45, 7) is 4.39. The Morgan fingerprint density at radius 2 is 1.54 bits per heavy atom. The molecule has 0 radical (unpaired) electrons. The summed E-state index contributed by atoms with van der Waals surface area (Å²) in [5.41, 5.74) is 3.74. The average Bonchev–Trinajstić information content (AvgIpc) is 3.50. The molecule has 1 aromatic carbocycles. The molecule has 0 fully saturated rings. The molecule has 0 atom stereocenters. The number of hydrogen-bond acceptors (Lipinski definition) is 11. The van der Waals surface area contributed by atoms with Crippen LogP contribution in [0.15, 0.2) is 85.6 Å². The van der Waals surface area contributed by atoms with Crippen molar-refractivity contribution >= 4 is 23.0 Å². The second-order valence-electron chi connectivity index (χ2n) is 9.08. The van der Waals surface area contributed by atoms with Crippen molar-refractivity contribution in [1.29, 1.82) is 0 Å². The first-order chi connectivity index (χ1) is 20.2. The summed E-state index contributed by atoms with van der Waals surface area (Å²) < 4.78 is 4.97. The quantitative estimate of drug-likeness (QED) is 0.195. The number of ether oxygens (including phenoxy) is 1. The first-order valence-corrected chi connectivity index (χ1v) is 14.1. The first kappa shape index (κ1) is 27.9. The molecule has 0 bridgehead atoms. The van der Waals surface area contributed by atoms with Crippen LogP contribution in [0.1, 0.15) is 30.7 Å². The highest BCUT2D eigenvalue weighted by atomic mass is 32.1. The van der Waals surface area contributed by atoms with Gasteiger partial charge in [-0.25, -0.2) is 29.9 Å². The number of benzene rings is 1. The predicted octanol–water partition coefficient (Wildman–Crippen LogP) is 5.02. The van der Waals surface area contributed by atoms with Crippen LogP contribution in [-0.4, -0.2) is 53.9 Å². The molecule has 4 heterocycles. The second-order valence-corrected chi connectivity index (χ2v) is 10.1. The van der Waals surface area contributed by atoms with Crippen LogP contribution in [-0.2, 0) is 29.2 Å². The average molecular weight is 567 g/mol.